The molecule has 0 aromatic heterocycles. The highest BCUT2D eigenvalue weighted by molar-refractivity contribution is 5.79. The third-order valence-electron chi connectivity index (χ3n) is 4.09. The molecule has 0 aliphatic carbocycles. The Morgan fingerprint density at radius 2 is 2.26 bits per heavy atom. The molecular weight excluding hydrogens is 252 g/mol. The van der Waals surface area contributed by atoms with Crippen LogP contribution >= 0.6 is 0 Å². The van der Waals surface area contributed by atoms with E-state index in [9.17, 15) is 19.8 Å². The Bertz CT molecular complexity index is 375. The van der Waals surface area contributed by atoms with Crippen molar-refractivity contribution in [1.29, 1.82) is 0 Å². The quantitative estimate of drug-likeness (QED) is 0.652. The van der Waals surface area contributed by atoms with Crippen LogP contribution in [0.3, 0.4) is 0 Å². The Kier molecular flexibility index (Phi) is 3.96. The summed E-state index contributed by atoms with van der Waals surface area (Å²) in [5, 5.41) is 21.2. The van der Waals surface area contributed by atoms with E-state index in [0.29, 0.717) is 6.54 Å². The first-order valence-corrected chi connectivity index (χ1v) is 6.48. The molecule has 0 aromatic carbocycles. The fraction of sp³-hybridized carbons (Fsp3) is 0.833. The zero-order valence-corrected chi connectivity index (χ0v) is 11.0. The van der Waals surface area contributed by atoms with Gasteiger partial charge in [-0.2, -0.15) is 0 Å². The van der Waals surface area contributed by atoms with E-state index in [1.54, 1.807) is 11.8 Å². The molecule has 2 rings (SSSR count). The molecule has 2 saturated heterocycles. The molecule has 2 aliphatic rings. The van der Waals surface area contributed by atoms with Gasteiger partial charge in [0.1, 0.15) is 5.41 Å². The van der Waals surface area contributed by atoms with Crippen LogP contribution < -0.4 is 5.32 Å². The molecule has 2 heterocycles. The van der Waals surface area contributed by atoms with Crippen LogP contribution in [0.2, 0.25) is 0 Å². The standard InChI is InChI=1S/C12H20N2O5/c1-12(10(16)17)7-19-6-9(12)13-11(18)14-4-2-3-8(14)5-15/h8-9,15H,2-7H2,1H3,(H,13,18)(H,16,17). The van der Waals surface area contributed by atoms with Crippen molar-refractivity contribution in [2.24, 2.45) is 5.41 Å². The number of aliphatic hydroxyl groups is 1. The smallest absolute Gasteiger partial charge is 0.318 e. The minimum atomic E-state index is -1.09. The first kappa shape index (κ1) is 14.1. The average molecular weight is 272 g/mol. The van der Waals surface area contributed by atoms with E-state index in [-0.39, 0.29) is 31.9 Å². The number of nitrogens with one attached hydrogen (secondary N) is 1. The van der Waals surface area contributed by atoms with Gasteiger partial charge in [-0.3, -0.25) is 4.79 Å². The molecule has 0 aromatic rings. The number of carboxylic acid groups (broad SMARTS) is 1. The van der Waals surface area contributed by atoms with E-state index in [1.807, 2.05) is 0 Å². The SMILES string of the molecule is CC1(C(=O)O)COCC1NC(=O)N1CCCC1CO. The molecule has 3 atom stereocenters. The summed E-state index contributed by atoms with van der Waals surface area (Å²) in [6, 6.07) is -1.03. The molecule has 3 N–H and O–H groups in total. The molecule has 2 amide bonds. The number of carboxylic acids is 1. The summed E-state index contributed by atoms with van der Waals surface area (Å²) in [4.78, 5) is 25.0. The predicted molar refractivity (Wildman–Crippen MR) is 65.7 cm³/mol. The van der Waals surface area contributed by atoms with Crippen molar-refractivity contribution in [1.82, 2.24) is 10.2 Å². The number of urea groups is 1. The van der Waals surface area contributed by atoms with Gasteiger partial charge in [-0.05, 0) is 19.8 Å². The van der Waals surface area contributed by atoms with Crippen molar-refractivity contribution in [3.05, 3.63) is 0 Å². The Labute approximate surface area is 111 Å². The second-order valence-electron chi connectivity index (χ2n) is 5.41. The van der Waals surface area contributed by atoms with Crippen LogP contribution in [0.4, 0.5) is 4.79 Å². The molecule has 0 bridgehead atoms. The van der Waals surface area contributed by atoms with Gasteiger partial charge < -0.3 is 25.2 Å². The number of aliphatic carboxylic acids is 1. The number of carbonyl (C=O) groups is 2. The maximum Gasteiger partial charge on any atom is 0.318 e. The van der Waals surface area contributed by atoms with Crippen LogP contribution in [0.5, 0.6) is 0 Å². The fourth-order valence-electron chi connectivity index (χ4n) is 2.61. The summed E-state index contributed by atoms with van der Waals surface area (Å²) in [5.74, 6) is -0.976. The van der Waals surface area contributed by atoms with Gasteiger partial charge in [-0.25, -0.2) is 4.79 Å². The minimum Gasteiger partial charge on any atom is -0.481 e. The maximum atomic E-state index is 12.1. The summed E-state index contributed by atoms with van der Waals surface area (Å²) in [7, 11) is 0. The van der Waals surface area contributed by atoms with Crippen LogP contribution in [-0.4, -0.2) is 65.6 Å². The highest BCUT2D eigenvalue weighted by Crippen LogP contribution is 2.29. The van der Waals surface area contributed by atoms with Gasteiger partial charge in [0, 0.05) is 6.54 Å². The summed E-state index contributed by atoms with van der Waals surface area (Å²) < 4.78 is 5.19. The molecule has 108 valence electrons. The number of ether oxygens (including phenoxy) is 1. The number of likely N-dealkylation sites (tertiary alicyclic amines) is 1. The molecule has 2 aliphatic heterocycles. The number of nitrogens with zero attached hydrogens (tertiary/aromatic N) is 1. The van der Waals surface area contributed by atoms with Gasteiger partial charge in [-0.1, -0.05) is 0 Å². The normalized spacial score (nSPS) is 34.5. The summed E-state index contributed by atoms with van der Waals surface area (Å²) >= 11 is 0. The second-order valence-corrected chi connectivity index (χ2v) is 5.41. The van der Waals surface area contributed by atoms with Crippen LogP contribution in [0.1, 0.15) is 19.8 Å². The zero-order chi connectivity index (χ0) is 14.0. The van der Waals surface area contributed by atoms with Gasteiger partial charge in [-0.15, -0.1) is 0 Å². The lowest BCUT2D eigenvalue weighted by atomic mass is 9.85. The molecule has 3 unspecified atom stereocenters. The monoisotopic (exact) mass is 272 g/mol. The maximum absolute atomic E-state index is 12.1. The molecular formula is C12H20N2O5. The highest BCUT2D eigenvalue weighted by Gasteiger charge is 2.48. The number of hydrogen-bond donors (Lipinski definition) is 3. The second kappa shape index (κ2) is 5.34. The van der Waals surface area contributed by atoms with Crippen molar-refractivity contribution in [3.63, 3.8) is 0 Å². The predicted octanol–water partition coefficient (Wildman–Crippen LogP) is -0.358. The van der Waals surface area contributed by atoms with Crippen molar-refractivity contribution in [2.45, 2.75) is 31.8 Å². The fourth-order valence-corrected chi connectivity index (χ4v) is 2.61. The molecule has 7 nitrogen and oxygen atoms in total. The number of hydrogen-bond acceptors (Lipinski definition) is 4. The Balaban J connectivity index is 2.00. The third kappa shape index (κ3) is 2.52. The Morgan fingerprint density at radius 1 is 1.53 bits per heavy atom. The van der Waals surface area contributed by atoms with E-state index >= 15 is 0 Å². The van der Waals surface area contributed by atoms with Crippen molar-refractivity contribution in [3.8, 4) is 0 Å². The summed E-state index contributed by atoms with van der Waals surface area (Å²) in [6.07, 6.45) is 1.64. The summed E-state index contributed by atoms with van der Waals surface area (Å²) in [5.41, 5.74) is -1.09. The molecule has 19 heavy (non-hydrogen) atoms. The first-order valence-electron chi connectivity index (χ1n) is 6.48. The van der Waals surface area contributed by atoms with Gasteiger partial charge in [0.15, 0.2) is 0 Å². The Morgan fingerprint density at radius 3 is 2.89 bits per heavy atom. The van der Waals surface area contributed by atoms with Crippen molar-refractivity contribution in [2.75, 3.05) is 26.4 Å². The van der Waals surface area contributed by atoms with Crippen molar-refractivity contribution < 1.29 is 24.5 Å². The Hall–Kier alpha value is -1.34. The summed E-state index contributed by atoms with van der Waals surface area (Å²) in [6.45, 7) is 2.39. The van der Waals surface area contributed by atoms with Crippen LogP contribution in [0.15, 0.2) is 0 Å². The largest absolute Gasteiger partial charge is 0.481 e. The van der Waals surface area contributed by atoms with E-state index in [1.165, 1.54) is 0 Å². The highest BCUT2D eigenvalue weighted by atomic mass is 16.5. The lowest BCUT2D eigenvalue weighted by Gasteiger charge is -2.29. The molecule has 2 fully saturated rings. The molecule has 0 radical (unpaired) electrons. The molecule has 7 heteroatoms. The lowest BCUT2D eigenvalue weighted by molar-refractivity contribution is -0.148. The van der Waals surface area contributed by atoms with Crippen molar-refractivity contribution >= 4 is 12.0 Å². The molecule has 0 saturated carbocycles. The molecule has 0 spiro atoms. The average Bonchev–Trinajstić information content (AvgIpc) is 2.97. The number of rotatable bonds is 3. The van der Waals surface area contributed by atoms with Gasteiger partial charge in [0.25, 0.3) is 0 Å². The number of aliphatic hydroxyl groups excluding tert-OH is 1. The van der Waals surface area contributed by atoms with Crippen LogP contribution in [0, 0.1) is 5.41 Å². The van der Waals surface area contributed by atoms with Gasteiger partial charge in [0.05, 0.1) is 31.9 Å². The number of amides is 2. The van der Waals surface area contributed by atoms with E-state index in [4.69, 9.17) is 4.74 Å². The third-order valence-corrected chi connectivity index (χ3v) is 4.09. The lowest BCUT2D eigenvalue weighted by Crippen LogP contribution is -2.54. The topological polar surface area (TPSA) is 99.1 Å². The first-order chi connectivity index (χ1) is 8.99. The van der Waals surface area contributed by atoms with Crippen LogP contribution in [-0.2, 0) is 9.53 Å². The zero-order valence-electron chi connectivity index (χ0n) is 11.0. The van der Waals surface area contributed by atoms with Gasteiger partial charge >= 0.3 is 12.0 Å². The van der Waals surface area contributed by atoms with Gasteiger partial charge in [0.2, 0.25) is 0 Å². The number of carbonyl (C=O) groups excluding carboxylic acids is 1. The van der Waals surface area contributed by atoms with E-state index < -0.39 is 17.4 Å². The van der Waals surface area contributed by atoms with E-state index in [2.05, 4.69) is 5.32 Å². The van der Waals surface area contributed by atoms with Crippen LogP contribution in [0.25, 0.3) is 0 Å². The van der Waals surface area contributed by atoms with E-state index in [0.717, 1.165) is 12.8 Å². The minimum absolute atomic E-state index is 0.0647.